The van der Waals surface area contributed by atoms with E-state index in [1.807, 2.05) is 0 Å². The molecule has 1 aromatic rings. The predicted octanol–water partition coefficient (Wildman–Crippen LogP) is 3.38. The number of nitrogens with one attached hydrogen (secondary N) is 1. The van der Waals surface area contributed by atoms with Crippen LogP contribution in [0.3, 0.4) is 0 Å². The van der Waals surface area contributed by atoms with Gasteiger partial charge in [-0.1, -0.05) is 6.42 Å². The van der Waals surface area contributed by atoms with Crippen molar-refractivity contribution in [3.8, 4) is 0 Å². The highest BCUT2D eigenvalue weighted by molar-refractivity contribution is 5.44. The number of hydrogen-bond donors (Lipinski definition) is 1. The third-order valence-corrected chi connectivity index (χ3v) is 3.76. The summed E-state index contributed by atoms with van der Waals surface area (Å²) in [5, 5.41) is 3.51. The average molecular weight is 261 g/mol. The highest BCUT2D eigenvalue weighted by atomic mass is 15.1. The molecule has 0 aliphatic carbocycles. The minimum atomic E-state index is 1.07. The van der Waals surface area contributed by atoms with Crippen molar-refractivity contribution in [1.82, 2.24) is 9.88 Å². The fraction of sp³-hybridized carbons (Fsp3) is 0.688. The molecule has 0 radical (unpaired) electrons. The molecule has 1 fully saturated rings. The van der Waals surface area contributed by atoms with E-state index in [2.05, 4.69) is 41.2 Å². The molecule has 2 rings (SSSR count). The van der Waals surface area contributed by atoms with Crippen LogP contribution in [0.4, 0.5) is 5.69 Å². The maximum absolute atomic E-state index is 4.39. The Morgan fingerprint density at radius 3 is 2.42 bits per heavy atom. The SMILES string of the molecule is Cc1cc(NCCCCN2CCCCC2)cc(C)n1. The number of likely N-dealkylation sites (tertiary alicyclic amines) is 1. The van der Waals surface area contributed by atoms with Gasteiger partial charge in [0.05, 0.1) is 0 Å². The Bertz CT molecular complexity index is 363. The van der Waals surface area contributed by atoms with E-state index in [1.54, 1.807) is 0 Å². The largest absolute Gasteiger partial charge is 0.385 e. The van der Waals surface area contributed by atoms with Gasteiger partial charge in [-0.25, -0.2) is 0 Å². The summed E-state index contributed by atoms with van der Waals surface area (Å²) in [6.07, 6.45) is 6.77. The highest BCUT2D eigenvalue weighted by Gasteiger charge is 2.08. The van der Waals surface area contributed by atoms with Crippen LogP contribution in [0.15, 0.2) is 12.1 Å². The lowest BCUT2D eigenvalue weighted by molar-refractivity contribution is 0.225. The number of piperidine rings is 1. The Morgan fingerprint density at radius 1 is 1.05 bits per heavy atom. The van der Waals surface area contributed by atoms with Gasteiger partial charge in [-0.15, -0.1) is 0 Å². The van der Waals surface area contributed by atoms with Crippen LogP contribution in [0.1, 0.15) is 43.5 Å². The molecule has 1 aromatic heterocycles. The summed E-state index contributed by atoms with van der Waals surface area (Å²) in [4.78, 5) is 7.01. The molecule has 3 nitrogen and oxygen atoms in total. The second-order valence-corrected chi connectivity index (χ2v) is 5.67. The van der Waals surface area contributed by atoms with E-state index in [4.69, 9.17) is 0 Å². The first-order valence-corrected chi connectivity index (χ1v) is 7.65. The number of aromatic nitrogens is 1. The zero-order chi connectivity index (χ0) is 13.5. The van der Waals surface area contributed by atoms with Crippen LogP contribution in [0.5, 0.6) is 0 Å². The molecule has 0 saturated carbocycles. The summed E-state index contributed by atoms with van der Waals surface area (Å²) >= 11 is 0. The second kappa shape index (κ2) is 7.49. The van der Waals surface area contributed by atoms with Crippen LogP contribution < -0.4 is 5.32 Å². The smallest absolute Gasteiger partial charge is 0.0396 e. The first-order valence-electron chi connectivity index (χ1n) is 7.65. The van der Waals surface area contributed by atoms with Gasteiger partial charge in [0.15, 0.2) is 0 Å². The van der Waals surface area contributed by atoms with Crippen molar-refractivity contribution in [3.05, 3.63) is 23.5 Å². The van der Waals surface area contributed by atoms with Crippen molar-refractivity contribution >= 4 is 5.69 Å². The molecule has 1 saturated heterocycles. The van der Waals surface area contributed by atoms with Gasteiger partial charge in [-0.05, 0) is 71.3 Å². The van der Waals surface area contributed by atoms with Crippen LogP contribution >= 0.6 is 0 Å². The summed E-state index contributed by atoms with van der Waals surface area (Å²) in [6, 6.07) is 4.25. The summed E-state index contributed by atoms with van der Waals surface area (Å²) in [5.74, 6) is 0. The molecule has 1 N–H and O–H groups in total. The zero-order valence-electron chi connectivity index (χ0n) is 12.4. The maximum atomic E-state index is 4.39. The van der Waals surface area contributed by atoms with E-state index in [1.165, 1.54) is 57.4 Å². The third-order valence-electron chi connectivity index (χ3n) is 3.76. The lowest BCUT2D eigenvalue weighted by Crippen LogP contribution is -2.30. The molecule has 3 heteroatoms. The molecule has 0 unspecified atom stereocenters. The normalized spacial score (nSPS) is 16.5. The Hall–Kier alpha value is -1.09. The van der Waals surface area contributed by atoms with Gasteiger partial charge >= 0.3 is 0 Å². The molecule has 1 aliphatic heterocycles. The Morgan fingerprint density at radius 2 is 1.74 bits per heavy atom. The van der Waals surface area contributed by atoms with E-state index >= 15 is 0 Å². The van der Waals surface area contributed by atoms with Gasteiger partial charge in [-0.2, -0.15) is 0 Å². The number of aryl methyl sites for hydroxylation is 2. The summed E-state index contributed by atoms with van der Waals surface area (Å²) in [7, 11) is 0. The molecule has 106 valence electrons. The first-order chi connectivity index (χ1) is 9.24. The molecule has 0 spiro atoms. The van der Waals surface area contributed by atoms with E-state index in [0.717, 1.165) is 17.9 Å². The quantitative estimate of drug-likeness (QED) is 0.796. The second-order valence-electron chi connectivity index (χ2n) is 5.67. The summed E-state index contributed by atoms with van der Waals surface area (Å²) in [5.41, 5.74) is 3.40. The molecule has 19 heavy (non-hydrogen) atoms. The van der Waals surface area contributed by atoms with Gasteiger partial charge < -0.3 is 10.2 Å². The number of unbranched alkanes of at least 4 members (excludes halogenated alkanes) is 1. The molecular formula is C16H27N3. The zero-order valence-corrected chi connectivity index (χ0v) is 12.4. The molecule has 2 heterocycles. The topological polar surface area (TPSA) is 28.2 Å². The molecular weight excluding hydrogens is 234 g/mol. The minimum Gasteiger partial charge on any atom is -0.385 e. The van der Waals surface area contributed by atoms with Gasteiger partial charge in [0.2, 0.25) is 0 Å². The van der Waals surface area contributed by atoms with E-state index in [9.17, 15) is 0 Å². The van der Waals surface area contributed by atoms with Gasteiger partial charge in [0.25, 0.3) is 0 Å². The number of nitrogens with zero attached hydrogens (tertiary/aromatic N) is 2. The van der Waals surface area contributed by atoms with Crippen molar-refractivity contribution < 1.29 is 0 Å². The highest BCUT2D eigenvalue weighted by Crippen LogP contribution is 2.12. The Labute approximate surface area is 117 Å². The predicted molar refractivity (Wildman–Crippen MR) is 81.7 cm³/mol. The van der Waals surface area contributed by atoms with Gasteiger partial charge in [0.1, 0.15) is 0 Å². The fourth-order valence-corrected chi connectivity index (χ4v) is 2.81. The number of anilines is 1. The van der Waals surface area contributed by atoms with Crippen molar-refractivity contribution in [2.75, 3.05) is 31.5 Å². The monoisotopic (exact) mass is 261 g/mol. The Kier molecular flexibility index (Phi) is 5.64. The molecule has 0 aromatic carbocycles. The summed E-state index contributed by atoms with van der Waals surface area (Å²) in [6.45, 7) is 9.07. The Balaban J connectivity index is 1.60. The lowest BCUT2D eigenvalue weighted by atomic mass is 10.1. The molecule has 0 bridgehead atoms. The third kappa shape index (κ3) is 5.19. The van der Waals surface area contributed by atoms with Gasteiger partial charge in [0, 0.05) is 23.6 Å². The number of hydrogen-bond acceptors (Lipinski definition) is 3. The standard InChI is InChI=1S/C16H27N3/c1-14-12-16(13-15(2)18-14)17-8-4-7-11-19-9-5-3-6-10-19/h12-13H,3-11H2,1-2H3,(H,17,18). The lowest BCUT2D eigenvalue weighted by Gasteiger charge is -2.26. The molecule has 1 aliphatic rings. The van der Waals surface area contributed by atoms with E-state index in [0.29, 0.717) is 0 Å². The fourth-order valence-electron chi connectivity index (χ4n) is 2.81. The van der Waals surface area contributed by atoms with Crippen molar-refractivity contribution in [3.63, 3.8) is 0 Å². The molecule has 0 atom stereocenters. The van der Waals surface area contributed by atoms with E-state index in [-0.39, 0.29) is 0 Å². The first kappa shape index (κ1) is 14.3. The summed E-state index contributed by atoms with van der Waals surface area (Å²) < 4.78 is 0. The van der Waals surface area contributed by atoms with E-state index < -0.39 is 0 Å². The average Bonchev–Trinajstić information content (AvgIpc) is 2.38. The van der Waals surface area contributed by atoms with Crippen molar-refractivity contribution in [2.24, 2.45) is 0 Å². The minimum absolute atomic E-state index is 1.07. The van der Waals surface area contributed by atoms with Crippen LogP contribution in [0.25, 0.3) is 0 Å². The van der Waals surface area contributed by atoms with Crippen LogP contribution in [-0.4, -0.2) is 36.1 Å². The van der Waals surface area contributed by atoms with Crippen LogP contribution in [0.2, 0.25) is 0 Å². The van der Waals surface area contributed by atoms with Gasteiger partial charge in [-0.3, -0.25) is 4.98 Å². The number of rotatable bonds is 6. The van der Waals surface area contributed by atoms with Crippen molar-refractivity contribution in [1.29, 1.82) is 0 Å². The van der Waals surface area contributed by atoms with Crippen LogP contribution in [-0.2, 0) is 0 Å². The molecule has 0 amide bonds. The maximum Gasteiger partial charge on any atom is 0.0396 e. The van der Waals surface area contributed by atoms with Crippen molar-refractivity contribution in [2.45, 2.75) is 46.0 Å². The number of pyridine rings is 1. The van der Waals surface area contributed by atoms with Crippen LogP contribution in [0, 0.1) is 13.8 Å².